The van der Waals surface area contributed by atoms with Crippen LogP contribution >= 0.6 is 0 Å². The van der Waals surface area contributed by atoms with Gasteiger partial charge in [-0.25, -0.2) is 14.6 Å². The van der Waals surface area contributed by atoms with Crippen LogP contribution in [0.15, 0.2) is 110 Å². The number of imidazole rings is 1. The van der Waals surface area contributed by atoms with Crippen molar-refractivity contribution in [1.82, 2.24) is 30.4 Å². The van der Waals surface area contributed by atoms with Crippen molar-refractivity contribution in [2.24, 2.45) is 0 Å². The number of H-pyrrole nitrogens is 1. The van der Waals surface area contributed by atoms with Crippen molar-refractivity contribution in [3.05, 3.63) is 138 Å². The lowest BCUT2D eigenvalue weighted by Gasteiger charge is -2.29. The first kappa shape index (κ1) is 40.4. The number of ether oxygens (including phenoxy) is 2. The SMILES string of the molecule is COC(=O)N[C@@H](C(=O)N1CCCC1c1nc2cc(N3C=COC3c3ccc(C)c(NC(=O)[C@@H]4CCCN4C(=O)[C@H](NC(=O)O)c4ccccc4)c3)ccc2[nH]1)c1ccccc1. The highest BCUT2D eigenvalue weighted by Crippen LogP contribution is 2.38. The summed E-state index contributed by atoms with van der Waals surface area (Å²) in [6.45, 7) is 2.70. The van der Waals surface area contributed by atoms with Crippen LogP contribution in [-0.2, 0) is 23.9 Å². The first-order valence-corrected chi connectivity index (χ1v) is 20.2. The second kappa shape index (κ2) is 17.5. The maximum absolute atomic E-state index is 14.0. The lowest BCUT2D eigenvalue weighted by molar-refractivity contribution is -0.138. The third-order valence-corrected chi connectivity index (χ3v) is 11.4. The van der Waals surface area contributed by atoms with E-state index in [1.54, 1.807) is 53.6 Å². The minimum atomic E-state index is -1.34. The van der Waals surface area contributed by atoms with Crippen molar-refractivity contribution in [1.29, 1.82) is 0 Å². The maximum atomic E-state index is 14.0. The molecule has 4 aromatic carbocycles. The number of likely N-dealkylation sites (tertiary alicyclic amines) is 2. The summed E-state index contributed by atoms with van der Waals surface area (Å²) in [6.07, 6.45) is 3.30. The number of fused-ring (bicyclic) bond motifs is 1. The average Bonchev–Trinajstić information content (AvgIpc) is 4.12. The molecule has 0 bridgehead atoms. The molecule has 3 aliphatic heterocycles. The summed E-state index contributed by atoms with van der Waals surface area (Å²) < 4.78 is 10.9. The standard InChI is InChI=1S/C45H46N8O8/c1-27-17-18-30(25-33(27)48-40(54)36-16-10-22-53(36)41(55)37(49-44(57)58)28-11-5-3-6-12-28)43-51(23-24-61-43)31-19-20-32-34(26-31)47-39(46-32)35-15-9-21-52(35)42(56)38(50-45(59)60-2)29-13-7-4-8-14-29/h3-8,11-14,17-20,23-26,35-38,43,49H,9-10,15-16,21-22H2,1-2H3,(H,46,47)(H,48,54)(H,50,59)(H,57,58)/t35?,36-,37+,38+,43?/m0/s1. The van der Waals surface area contributed by atoms with Gasteiger partial charge in [0.25, 0.3) is 11.8 Å². The highest BCUT2D eigenvalue weighted by Gasteiger charge is 2.40. The molecule has 2 fully saturated rings. The number of aromatic nitrogens is 2. The second-order valence-electron chi connectivity index (χ2n) is 15.2. The molecule has 2 saturated heterocycles. The predicted molar refractivity (Wildman–Crippen MR) is 225 cm³/mol. The van der Waals surface area contributed by atoms with Gasteiger partial charge in [-0.15, -0.1) is 0 Å². The molecule has 61 heavy (non-hydrogen) atoms. The van der Waals surface area contributed by atoms with Crippen molar-refractivity contribution in [3.63, 3.8) is 0 Å². The van der Waals surface area contributed by atoms with Crippen LogP contribution in [0.25, 0.3) is 11.0 Å². The molecule has 8 rings (SSSR count). The molecule has 5 atom stereocenters. The Labute approximate surface area is 351 Å². The van der Waals surface area contributed by atoms with Crippen LogP contribution in [-0.4, -0.2) is 81.0 Å². The van der Waals surface area contributed by atoms with Gasteiger partial charge in [0.05, 0.1) is 24.2 Å². The number of alkyl carbamates (subject to hydrolysis) is 1. The van der Waals surface area contributed by atoms with Gasteiger partial charge in [0.15, 0.2) is 0 Å². The van der Waals surface area contributed by atoms with E-state index in [9.17, 15) is 29.1 Å². The summed E-state index contributed by atoms with van der Waals surface area (Å²) in [4.78, 5) is 79.2. The average molecular weight is 827 g/mol. The number of aryl methyl sites for hydroxylation is 1. The first-order chi connectivity index (χ1) is 29.6. The summed E-state index contributed by atoms with van der Waals surface area (Å²) in [5, 5.41) is 17.6. The Balaban J connectivity index is 0.984. The van der Waals surface area contributed by atoms with Crippen LogP contribution < -0.4 is 20.9 Å². The third-order valence-electron chi connectivity index (χ3n) is 11.4. The molecule has 0 saturated carbocycles. The van der Waals surface area contributed by atoms with E-state index in [1.165, 1.54) is 12.0 Å². The Morgan fingerprint density at radius 3 is 2.21 bits per heavy atom. The zero-order valence-corrected chi connectivity index (χ0v) is 33.6. The number of carbonyl (C=O) groups is 5. The van der Waals surface area contributed by atoms with E-state index < -0.39 is 42.4 Å². The Bertz CT molecular complexity index is 2480. The molecule has 314 valence electrons. The number of rotatable bonds is 11. The van der Waals surface area contributed by atoms with Crippen molar-refractivity contribution < 1.29 is 38.6 Å². The molecule has 3 aliphatic rings. The number of nitrogens with one attached hydrogen (secondary N) is 4. The van der Waals surface area contributed by atoms with Crippen LogP contribution in [0.1, 0.15) is 78.1 Å². The molecule has 0 spiro atoms. The molecule has 16 heteroatoms. The summed E-state index contributed by atoms with van der Waals surface area (Å²) in [5.41, 5.74) is 5.54. The molecule has 1 aromatic heterocycles. The molecule has 5 N–H and O–H groups in total. The maximum Gasteiger partial charge on any atom is 0.407 e. The monoisotopic (exact) mass is 826 g/mol. The molecule has 0 aliphatic carbocycles. The number of hydrogen-bond donors (Lipinski definition) is 5. The van der Waals surface area contributed by atoms with E-state index >= 15 is 0 Å². The van der Waals surface area contributed by atoms with E-state index in [0.717, 1.165) is 28.8 Å². The van der Waals surface area contributed by atoms with Crippen LogP contribution in [0.3, 0.4) is 0 Å². The topological polar surface area (TPSA) is 199 Å². The fourth-order valence-corrected chi connectivity index (χ4v) is 8.37. The van der Waals surface area contributed by atoms with Crippen molar-refractivity contribution in [2.45, 2.75) is 63.0 Å². The smallest absolute Gasteiger partial charge is 0.407 e. The number of amides is 5. The lowest BCUT2D eigenvalue weighted by atomic mass is 10.0. The molecule has 5 amide bonds. The van der Waals surface area contributed by atoms with Crippen LogP contribution in [0.2, 0.25) is 0 Å². The number of anilines is 2. The highest BCUT2D eigenvalue weighted by molar-refractivity contribution is 5.99. The largest absolute Gasteiger partial charge is 0.472 e. The molecule has 2 unspecified atom stereocenters. The van der Waals surface area contributed by atoms with Gasteiger partial charge < -0.3 is 50.2 Å². The molecule has 4 heterocycles. The number of carboxylic acid groups (broad SMARTS) is 1. The molecule has 5 aromatic rings. The quantitative estimate of drug-likeness (QED) is 0.0970. The number of methoxy groups -OCH3 is 1. The Morgan fingerprint density at radius 1 is 0.836 bits per heavy atom. The van der Waals surface area contributed by atoms with Crippen LogP contribution in [0, 0.1) is 6.92 Å². The summed E-state index contributed by atoms with van der Waals surface area (Å²) >= 11 is 0. The minimum absolute atomic E-state index is 0.255. The van der Waals surface area contributed by atoms with Gasteiger partial charge in [-0.05, 0) is 73.6 Å². The van der Waals surface area contributed by atoms with Gasteiger partial charge in [-0.2, -0.15) is 0 Å². The molecule has 16 nitrogen and oxygen atoms in total. The van der Waals surface area contributed by atoms with Gasteiger partial charge >= 0.3 is 12.2 Å². The minimum Gasteiger partial charge on any atom is -0.472 e. The van der Waals surface area contributed by atoms with Gasteiger partial charge in [0.2, 0.25) is 12.1 Å². The summed E-state index contributed by atoms with van der Waals surface area (Å²) in [7, 11) is 1.26. The normalized spacial score (nSPS) is 19.3. The van der Waals surface area contributed by atoms with E-state index in [4.69, 9.17) is 14.5 Å². The number of hydrogen-bond acceptors (Lipinski definition) is 9. The summed E-state index contributed by atoms with van der Waals surface area (Å²) in [5.74, 6) is -0.469. The number of aromatic amines is 1. The number of benzene rings is 4. The zero-order chi connectivity index (χ0) is 42.6. The molecule has 0 radical (unpaired) electrons. The molecular weight excluding hydrogens is 781 g/mol. The predicted octanol–water partition coefficient (Wildman–Crippen LogP) is 6.58. The Hall–Kier alpha value is -7.36. The highest BCUT2D eigenvalue weighted by atomic mass is 16.5. The van der Waals surface area contributed by atoms with Crippen molar-refractivity contribution in [3.8, 4) is 0 Å². The lowest BCUT2D eigenvalue weighted by Crippen LogP contribution is -2.48. The van der Waals surface area contributed by atoms with Gasteiger partial charge in [0, 0.05) is 36.2 Å². The van der Waals surface area contributed by atoms with E-state index in [1.807, 2.05) is 72.6 Å². The fourth-order valence-electron chi connectivity index (χ4n) is 8.37. The van der Waals surface area contributed by atoms with Crippen LogP contribution in [0.5, 0.6) is 0 Å². The Kier molecular flexibility index (Phi) is 11.6. The van der Waals surface area contributed by atoms with Crippen molar-refractivity contribution >= 4 is 52.3 Å². The number of nitrogens with zero attached hydrogens (tertiary/aromatic N) is 4. The van der Waals surface area contributed by atoms with Crippen molar-refractivity contribution in [2.75, 3.05) is 30.4 Å². The third kappa shape index (κ3) is 8.42. The summed E-state index contributed by atoms with van der Waals surface area (Å²) in [6, 6.07) is 26.0. The fraction of sp³-hybridized carbons (Fsp3) is 0.289. The zero-order valence-electron chi connectivity index (χ0n) is 33.6. The van der Waals surface area contributed by atoms with E-state index in [0.29, 0.717) is 60.5 Å². The van der Waals surface area contributed by atoms with Gasteiger partial charge in [-0.3, -0.25) is 14.4 Å². The first-order valence-electron chi connectivity index (χ1n) is 20.2. The van der Waals surface area contributed by atoms with Gasteiger partial charge in [-0.1, -0.05) is 72.8 Å². The Morgan fingerprint density at radius 2 is 1.51 bits per heavy atom. The van der Waals surface area contributed by atoms with E-state index in [-0.39, 0.29) is 17.9 Å². The molecular formula is C45H46N8O8. The van der Waals surface area contributed by atoms with Gasteiger partial charge in [0.1, 0.15) is 30.2 Å². The number of carbonyl (C=O) groups excluding carboxylic acids is 4. The van der Waals surface area contributed by atoms with Crippen LogP contribution in [0.4, 0.5) is 21.0 Å². The van der Waals surface area contributed by atoms with E-state index in [2.05, 4.69) is 20.9 Å². The second-order valence-corrected chi connectivity index (χ2v) is 15.2.